The summed E-state index contributed by atoms with van der Waals surface area (Å²) in [5.74, 6) is 5.97. The molecule has 1 saturated heterocycles. The van der Waals surface area contributed by atoms with Gasteiger partial charge in [-0.15, -0.1) is 0 Å². The molecule has 2 nitrogen and oxygen atoms in total. The monoisotopic (exact) mass is 227 g/mol. The second kappa shape index (κ2) is 6.10. The molecule has 1 aromatic rings. The molecule has 0 aromatic heterocycles. The van der Waals surface area contributed by atoms with Crippen molar-refractivity contribution < 1.29 is 4.79 Å². The molecule has 0 atom stereocenters. The summed E-state index contributed by atoms with van der Waals surface area (Å²) in [6, 6.07) is 8.20. The van der Waals surface area contributed by atoms with Crippen LogP contribution >= 0.6 is 0 Å². The van der Waals surface area contributed by atoms with E-state index in [1.807, 2.05) is 12.1 Å². The Morgan fingerprint density at radius 3 is 2.71 bits per heavy atom. The zero-order chi connectivity index (χ0) is 11.9. The Hall–Kier alpha value is -1.75. The first kappa shape index (κ1) is 11.7. The van der Waals surface area contributed by atoms with Crippen molar-refractivity contribution >= 4 is 12.0 Å². The molecule has 0 amide bonds. The van der Waals surface area contributed by atoms with Crippen LogP contribution < -0.4 is 4.90 Å². The van der Waals surface area contributed by atoms with E-state index in [2.05, 4.69) is 28.9 Å². The van der Waals surface area contributed by atoms with Crippen molar-refractivity contribution in [3.63, 3.8) is 0 Å². The first-order valence-corrected chi connectivity index (χ1v) is 6.18. The predicted octanol–water partition coefficient (Wildman–Crippen LogP) is 2.62. The average Bonchev–Trinajstić information content (AvgIpc) is 2.41. The van der Waals surface area contributed by atoms with Crippen LogP contribution in [0.4, 0.5) is 5.69 Å². The van der Waals surface area contributed by atoms with E-state index in [4.69, 9.17) is 0 Å². The van der Waals surface area contributed by atoms with Crippen LogP contribution in [0.15, 0.2) is 24.3 Å². The summed E-state index contributed by atoms with van der Waals surface area (Å²) >= 11 is 0. The number of anilines is 1. The number of piperidine rings is 1. The van der Waals surface area contributed by atoms with Crippen molar-refractivity contribution in [1.82, 2.24) is 0 Å². The van der Waals surface area contributed by atoms with Gasteiger partial charge in [0.2, 0.25) is 0 Å². The summed E-state index contributed by atoms with van der Waals surface area (Å²) in [5.41, 5.74) is 2.25. The fourth-order valence-corrected chi connectivity index (χ4v) is 2.18. The van der Waals surface area contributed by atoms with Crippen molar-refractivity contribution in [3.05, 3.63) is 29.8 Å². The van der Waals surface area contributed by atoms with Crippen LogP contribution in [-0.4, -0.2) is 19.4 Å². The van der Waals surface area contributed by atoms with E-state index in [9.17, 15) is 4.79 Å². The van der Waals surface area contributed by atoms with E-state index >= 15 is 0 Å². The van der Waals surface area contributed by atoms with Gasteiger partial charge in [-0.25, -0.2) is 0 Å². The summed E-state index contributed by atoms with van der Waals surface area (Å²) in [5, 5.41) is 0. The number of carbonyl (C=O) groups excluding carboxylic acids is 1. The molecular formula is C15H17NO. The Morgan fingerprint density at radius 2 is 1.94 bits per heavy atom. The van der Waals surface area contributed by atoms with Gasteiger partial charge in [0.1, 0.15) is 6.29 Å². The number of carbonyl (C=O) groups is 1. The van der Waals surface area contributed by atoms with Gasteiger partial charge in [-0.05, 0) is 31.4 Å². The third-order valence-corrected chi connectivity index (χ3v) is 3.01. The summed E-state index contributed by atoms with van der Waals surface area (Å²) in [7, 11) is 0. The molecule has 0 aliphatic carbocycles. The van der Waals surface area contributed by atoms with Gasteiger partial charge in [-0.3, -0.25) is 0 Å². The van der Waals surface area contributed by atoms with E-state index in [0.29, 0.717) is 6.42 Å². The largest absolute Gasteiger partial charge is 0.371 e. The molecule has 1 fully saturated rings. The van der Waals surface area contributed by atoms with E-state index in [-0.39, 0.29) is 0 Å². The predicted molar refractivity (Wildman–Crippen MR) is 70.1 cm³/mol. The maximum atomic E-state index is 10.3. The van der Waals surface area contributed by atoms with Gasteiger partial charge in [0.05, 0.1) is 12.1 Å². The topological polar surface area (TPSA) is 20.3 Å². The van der Waals surface area contributed by atoms with Crippen molar-refractivity contribution in [1.29, 1.82) is 0 Å². The van der Waals surface area contributed by atoms with Crippen LogP contribution in [0.2, 0.25) is 0 Å². The van der Waals surface area contributed by atoms with Crippen LogP contribution in [-0.2, 0) is 4.79 Å². The number of para-hydroxylation sites is 1. The molecule has 1 aliphatic rings. The third-order valence-electron chi connectivity index (χ3n) is 3.01. The fraction of sp³-hybridized carbons (Fsp3) is 0.400. The number of nitrogens with zero attached hydrogens (tertiary/aromatic N) is 1. The Labute approximate surface area is 103 Å². The molecule has 2 rings (SSSR count). The lowest BCUT2D eigenvalue weighted by molar-refractivity contribution is -0.107. The van der Waals surface area contributed by atoms with Gasteiger partial charge in [-0.1, -0.05) is 24.0 Å². The van der Waals surface area contributed by atoms with E-state index < -0.39 is 0 Å². The molecule has 1 heterocycles. The molecule has 0 radical (unpaired) electrons. The van der Waals surface area contributed by atoms with Crippen LogP contribution in [0.25, 0.3) is 0 Å². The molecular weight excluding hydrogens is 210 g/mol. The fourth-order valence-electron chi connectivity index (χ4n) is 2.18. The summed E-state index contributed by atoms with van der Waals surface area (Å²) in [6.07, 6.45) is 5.01. The Balaban J connectivity index is 2.21. The molecule has 1 aromatic carbocycles. The van der Waals surface area contributed by atoms with Gasteiger partial charge < -0.3 is 9.69 Å². The number of rotatable bonds is 2. The number of hydrogen-bond donors (Lipinski definition) is 0. The van der Waals surface area contributed by atoms with Gasteiger partial charge >= 0.3 is 0 Å². The molecule has 88 valence electrons. The molecule has 1 aliphatic heterocycles. The average molecular weight is 227 g/mol. The van der Waals surface area contributed by atoms with Gasteiger partial charge in [0.15, 0.2) is 0 Å². The maximum absolute atomic E-state index is 10.3. The second-order valence-corrected chi connectivity index (χ2v) is 4.24. The Morgan fingerprint density at radius 1 is 1.18 bits per heavy atom. The Kier molecular flexibility index (Phi) is 4.21. The zero-order valence-corrected chi connectivity index (χ0v) is 9.98. The molecule has 0 unspecified atom stereocenters. The lowest BCUT2D eigenvalue weighted by Gasteiger charge is -2.29. The number of hydrogen-bond acceptors (Lipinski definition) is 2. The highest BCUT2D eigenvalue weighted by Crippen LogP contribution is 2.23. The van der Waals surface area contributed by atoms with Gasteiger partial charge in [0.25, 0.3) is 0 Å². The molecule has 2 heteroatoms. The highest BCUT2D eigenvalue weighted by Gasteiger charge is 2.12. The minimum atomic E-state index is 0.314. The van der Waals surface area contributed by atoms with Crippen LogP contribution in [0.3, 0.4) is 0 Å². The van der Waals surface area contributed by atoms with Crippen molar-refractivity contribution in [2.24, 2.45) is 0 Å². The maximum Gasteiger partial charge on any atom is 0.131 e. The summed E-state index contributed by atoms with van der Waals surface area (Å²) < 4.78 is 0. The molecule has 0 saturated carbocycles. The van der Waals surface area contributed by atoms with Crippen LogP contribution in [0.1, 0.15) is 31.2 Å². The quantitative estimate of drug-likeness (QED) is 0.572. The number of benzene rings is 1. The summed E-state index contributed by atoms with van der Waals surface area (Å²) in [6.45, 7) is 2.23. The third kappa shape index (κ3) is 3.10. The normalized spacial score (nSPS) is 14.9. The van der Waals surface area contributed by atoms with E-state index in [0.717, 1.165) is 24.9 Å². The van der Waals surface area contributed by atoms with E-state index in [1.54, 1.807) is 0 Å². The van der Waals surface area contributed by atoms with Crippen LogP contribution in [0, 0.1) is 11.8 Å². The Bertz CT molecular complexity index is 436. The van der Waals surface area contributed by atoms with Gasteiger partial charge in [0, 0.05) is 18.7 Å². The van der Waals surface area contributed by atoms with Crippen LogP contribution in [0.5, 0.6) is 0 Å². The highest BCUT2D eigenvalue weighted by atomic mass is 16.1. The number of aldehydes is 1. The van der Waals surface area contributed by atoms with Gasteiger partial charge in [-0.2, -0.15) is 0 Å². The molecule has 0 bridgehead atoms. The van der Waals surface area contributed by atoms with Crippen molar-refractivity contribution in [2.75, 3.05) is 18.0 Å². The highest BCUT2D eigenvalue weighted by molar-refractivity contribution is 5.62. The summed E-state index contributed by atoms with van der Waals surface area (Å²) in [4.78, 5) is 12.7. The van der Waals surface area contributed by atoms with E-state index in [1.165, 1.54) is 24.9 Å². The van der Waals surface area contributed by atoms with Crippen molar-refractivity contribution in [2.45, 2.75) is 25.7 Å². The smallest absolute Gasteiger partial charge is 0.131 e. The minimum Gasteiger partial charge on any atom is -0.371 e. The first-order valence-electron chi connectivity index (χ1n) is 6.18. The lowest BCUT2D eigenvalue weighted by atomic mass is 10.1. The molecule has 17 heavy (non-hydrogen) atoms. The SMILES string of the molecule is O=CCC#Cc1ccccc1N1CCCCC1. The molecule has 0 N–H and O–H groups in total. The second-order valence-electron chi connectivity index (χ2n) is 4.24. The van der Waals surface area contributed by atoms with Crippen molar-refractivity contribution in [3.8, 4) is 11.8 Å². The first-order chi connectivity index (χ1) is 8.42. The standard InChI is InChI=1S/C15H17NO/c17-13-7-4-9-14-8-2-3-10-15(14)16-11-5-1-6-12-16/h2-3,8,10,13H,1,5-7,11-12H2. The minimum absolute atomic E-state index is 0.314. The zero-order valence-electron chi connectivity index (χ0n) is 9.98. The lowest BCUT2D eigenvalue weighted by Crippen LogP contribution is -2.29. The molecule has 0 spiro atoms.